The number of rotatable bonds is 13. The van der Waals surface area contributed by atoms with Gasteiger partial charge in [-0.1, -0.05) is 85.8 Å². The second-order valence-corrected chi connectivity index (χ2v) is 10.4. The number of nitrogens with one attached hydrogen (secondary N) is 2. The molecule has 3 rings (SSSR count). The highest BCUT2D eigenvalue weighted by molar-refractivity contribution is 6.32. The van der Waals surface area contributed by atoms with Gasteiger partial charge in [-0.05, 0) is 78.8 Å². The fourth-order valence-corrected chi connectivity index (χ4v) is 4.50. The smallest absolute Gasteiger partial charge is 0.416 e. The lowest BCUT2D eigenvalue weighted by molar-refractivity contribution is -0.143. The first kappa shape index (κ1) is 37.6. The number of benzene rings is 3. The highest BCUT2D eigenvalue weighted by atomic mass is 35.5. The summed E-state index contributed by atoms with van der Waals surface area (Å²) in [6.45, 7) is 10.4. The first-order chi connectivity index (χ1) is 21.9. The van der Waals surface area contributed by atoms with Gasteiger partial charge in [0.25, 0.3) is 5.91 Å². The van der Waals surface area contributed by atoms with Crippen LogP contribution in [0, 0.1) is 5.92 Å². The van der Waals surface area contributed by atoms with Gasteiger partial charge in [-0.3, -0.25) is 14.4 Å². The molecule has 2 amide bonds. The fraction of sp³-hybridized carbons (Fsp3) is 0.250. The Hall–Kier alpha value is -4.63. The van der Waals surface area contributed by atoms with E-state index in [-0.39, 0.29) is 24.9 Å². The van der Waals surface area contributed by atoms with Crippen molar-refractivity contribution in [3.05, 3.63) is 125 Å². The van der Waals surface area contributed by atoms with Gasteiger partial charge in [-0.25, -0.2) is 0 Å². The van der Waals surface area contributed by atoms with Crippen LogP contribution in [0.25, 0.3) is 11.1 Å². The maximum atomic E-state index is 13.0. The predicted octanol–water partition coefficient (Wildman–Crippen LogP) is 8.74. The molecule has 0 aliphatic rings. The van der Waals surface area contributed by atoms with Crippen LogP contribution in [-0.2, 0) is 26.9 Å². The number of esters is 1. The molecule has 10 heteroatoms. The van der Waals surface area contributed by atoms with Crippen LogP contribution in [0.1, 0.15) is 48.7 Å². The Morgan fingerprint density at radius 2 is 1.67 bits per heavy atom. The van der Waals surface area contributed by atoms with Crippen LogP contribution in [0.4, 0.5) is 18.9 Å². The quantitative estimate of drug-likeness (QED) is 0.110. The van der Waals surface area contributed by atoms with E-state index in [4.69, 9.17) is 16.3 Å². The number of allylic oxidation sites excluding steroid dienone is 5. The van der Waals surface area contributed by atoms with Crippen LogP contribution in [0.5, 0.6) is 0 Å². The predicted molar refractivity (Wildman–Crippen MR) is 177 cm³/mol. The molecule has 0 bridgehead atoms. The van der Waals surface area contributed by atoms with E-state index in [0.717, 1.165) is 29.8 Å². The minimum atomic E-state index is -4.44. The highest BCUT2D eigenvalue weighted by Gasteiger charge is 2.30. The van der Waals surface area contributed by atoms with Crippen LogP contribution >= 0.6 is 11.6 Å². The van der Waals surface area contributed by atoms with Gasteiger partial charge in [0.05, 0.1) is 18.6 Å². The average molecular weight is 655 g/mol. The number of ether oxygens (including phenoxy) is 1. The first-order valence-electron chi connectivity index (χ1n) is 14.6. The van der Waals surface area contributed by atoms with Gasteiger partial charge in [0.15, 0.2) is 0 Å². The molecule has 0 saturated heterocycles. The maximum absolute atomic E-state index is 13.0. The van der Waals surface area contributed by atoms with Crippen molar-refractivity contribution >= 4 is 35.6 Å². The minimum Gasteiger partial charge on any atom is -0.465 e. The van der Waals surface area contributed by atoms with Crippen molar-refractivity contribution < 1.29 is 32.3 Å². The summed E-state index contributed by atoms with van der Waals surface area (Å²) in [7, 11) is 0. The molecule has 0 fully saturated rings. The third-order valence-corrected chi connectivity index (χ3v) is 7.15. The Kier molecular flexibility index (Phi) is 15.5. The zero-order valence-electron chi connectivity index (χ0n) is 26.0. The summed E-state index contributed by atoms with van der Waals surface area (Å²) in [4.78, 5) is 34.7. The Balaban J connectivity index is 0.00000136. The summed E-state index contributed by atoms with van der Waals surface area (Å²) in [5.74, 6) is -0.702. The minimum absolute atomic E-state index is 0.0737. The molecule has 0 aromatic heterocycles. The van der Waals surface area contributed by atoms with Crippen LogP contribution in [0.3, 0.4) is 0 Å². The molecule has 0 heterocycles. The van der Waals surface area contributed by atoms with Crippen molar-refractivity contribution in [2.24, 2.45) is 5.92 Å². The van der Waals surface area contributed by atoms with E-state index in [0.29, 0.717) is 40.2 Å². The standard InChI is InChI=1S/C33H31ClF3NO3.C3H7NO/c1-4-8-27(30(34)5-2)22(3)19-20-41-31(39)21-23-11-17-26(18-12-23)38-32(40)29-10-7-6-9-28(29)24-13-15-25(16-14-24)33(35,36)37;1-2-4-3-5/h4-18,22H,1,19-21H2,2-3H3,(H,38,40);3H,2H2,1H3,(H,4,5)/b27-8-,30-5+;. The molecule has 2 N–H and O–H groups in total. The van der Waals surface area contributed by atoms with Crippen molar-refractivity contribution in [2.45, 2.75) is 39.8 Å². The molecule has 0 radical (unpaired) electrons. The monoisotopic (exact) mass is 654 g/mol. The van der Waals surface area contributed by atoms with Crippen LogP contribution in [0.2, 0.25) is 0 Å². The molecule has 46 heavy (non-hydrogen) atoms. The van der Waals surface area contributed by atoms with E-state index in [2.05, 4.69) is 17.2 Å². The summed E-state index contributed by atoms with van der Waals surface area (Å²) in [5.41, 5.74) is 2.71. The van der Waals surface area contributed by atoms with Gasteiger partial charge in [0.2, 0.25) is 6.41 Å². The molecule has 3 aromatic rings. The Morgan fingerprint density at radius 3 is 2.22 bits per heavy atom. The molecule has 0 aliphatic carbocycles. The molecule has 6 nitrogen and oxygen atoms in total. The van der Waals surface area contributed by atoms with Gasteiger partial charge in [-0.2, -0.15) is 13.2 Å². The molecule has 0 aliphatic heterocycles. The van der Waals surface area contributed by atoms with Crippen LogP contribution in [0.15, 0.2) is 108 Å². The molecule has 0 spiro atoms. The third kappa shape index (κ3) is 12.0. The fourth-order valence-electron chi connectivity index (χ4n) is 4.25. The van der Waals surface area contributed by atoms with Gasteiger partial charge in [-0.15, -0.1) is 0 Å². The van der Waals surface area contributed by atoms with Crippen molar-refractivity contribution in [1.82, 2.24) is 5.32 Å². The number of halogens is 4. The molecule has 1 unspecified atom stereocenters. The number of anilines is 1. The van der Waals surface area contributed by atoms with Crippen molar-refractivity contribution in [3.63, 3.8) is 0 Å². The van der Waals surface area contributed by atoms with E-state index < -0.39 is 17.6 Å². The topological polar surface area (TPSA) is 84.5 Å². The van der Waals surface area contributed by atoms with Crippen LogP contribution in [-0.4, -0.2) is 31.4 Å². The van der Waals surface area contributed by atoms with Crippen molar-refractivity contribution in [2.75, 3.05) is 18.5 Å². The van der Waals surface area contributed by atoms with Crippen molar-refractivity contribution in [1.29, 1.82) is 0 Å². The Bertz CT molecular complexity index is 1520. The molecule has 244 valence electrons. The number of alkyl halides is 3. The van der Waals surface area contributed by atoms with Gasteiger partial charge in [0, 0.05) is 22.8 Å². The second kappa shape index (κ2) is 19.0. The zero-order valence-corrected chi connectivity index (χ0v) is 26.8. The lowest BCUT2D eigenvalue weighted by Crippen LogP contribution is -2.14. The van der Waals surface area contributed by atoms with E-state index in [1.165, 1.54) is 12.1 Å². The number of amides is 2. The average Bonchev–Trinajstić information content (AvgIpc) is 3.04. The number of hydrogen-bond donors (Lipinski definition) is 2. The molecule has 0 saturated carbocycles. The van der Waals surface area contributed by atoms with Crippen LogP contribution < -0.4 is 10.6 Å². The van der Waals surface area contributed by atoms with Crippen molar-refractivity contribution in [3.8, 4) is 11.1 Å². The summed E-state index contributed by atoms with van der Waals surface area (Å²) < 4.78 is 44.2. The Morgan fingerprint density at radius 1 is 1.02 bits per heavy atom. The van der Waals surface area contributed by atoms with Gasteiger partial charge < -0.3 is 15.4 Å². The number of hydrogen-bond acceptors (Lipinski definition) is 4. The number of carbonyl (C=O) groups excluding carboxylic acids is 3. The lowest BCUT2D eigenvalue weighted by Gasteiger charge is -2.15. The summed E-state index contributed by atoms with van der Waals surface area (Å²) in [6.07, 6.45) is 2.25. The van der Waals surface area contributed by atoms with E-state index in [9.17, 15) is 27.6 Å². The lowest BCUT2D eigenvalue weighted by atomic mass is 9.97. The maximum Gasteiger partial charge on any atom is 0.416 e. The molecular weight excluding hydrogens is 617 g/mol. The first-order valence-corrected chi connectivity index (χ1v) is 15.0. The zero-order chi connectivity index (χ0) is 34.1. The molecule has 3 aromatic carbocycles. The second-order valence-electron chi connectivity index (χ2n) is 10.0. The molecule has 1 atom stereocenters. The molecular formula is C36H38ClF3N2O4. The third-order valence-electron chi connectivity index (χ3n) is 6.71. The Labute approximate surface area is 273 Å². The SMILES string of the molecule is C=C/C=C(\C(Cl)=C/C)C(C)CCOC(=O)Cc1ccc(NC(=O)c2ccccc2-c2ccc(C(F)(F)F)cc2)cc1.CCNC=O. The van der Waals surface area contributed by atoms with E-state index in [1.807, 2.05) is 32.9 Å². The largest absolute Gasteiger partial charge is 0.465 e. The summed E-state index contributed by atoms with van der Waals surface area (Å²) >= 11 is 6.26. The normalized spacial score (nSPS) is 12.2. The van der Waals surface area contributed by atoms with Gasteiger partial charge in [0.1, 0.15) is 0 Å². The van der Waals surface area contributed by atoms with E-state index in [1.54, 1.807) is 54.6 Å². The van der Waals surface area contributed by atoms with E-state index >= 15 is 0 Å². The summed E-state index contributed by atoms with van der Waals surface area (Å²) in [5, 5.41) is 5.87. The summed E-state index contributed by atoms with van der Waals surface area (Å²) in [6, 6.07) is 18.1. The van der Waals surface area contributed by atoms with Gasteiger partial charge >= 0.3 is 12.1 Å². The highest BCUT2D eigenvalue weighted by Crippen LogP contribution is 2.32. The number of carbonyl (C=O) groups is 3.